The van der Waals surface area contributed by atoms with Crippen LogP contribution in [0, 0.1) is 5.82 Å². The number of nitrogens with zero attached hydrogens (tertiary/aromatic N) is 2. The molecule has 0 saturated carbocycles. The van der Waals surface area contributed by atoms with Gasteiger partial charge in [-0.1, -0.05) is 12.1 Å². The topological polar surface area (TPSA) is 66.9 Å². The molecule has 2 aromatic rings. The molecule has 1 fully saturated rings. The lowest BCUT2D eigenvalue weighted by atomic mass is 10.0. The van der Waals surface area contributed by atoms with Crippen LogP contribution in [0.4, 0.5) is 4.39 Å². The first kappa shape index (κ1) is 19.3. The van der Waals surface area contributed by atoms with Crippen LogP contribution >= 0.6 is 0 Å². The number of amides is 1. The summed E-state index contributed by atoms with van der Waals surface area (Å²) in [4.78, 5) is 13.2. The molecule has 8 heteroatoms. The summed E-state index contributed by atoms with van der Waals surface area (Å²) >= 11 is 0. The molecule has 0 unspecified atom stereocenters. The van der Waals surface area contributed by atoms with Crippen LogP contribution in [0.1, 0.15) is 6.92 Å². The highest BCUT2D eigenvalue weighted by Gasteiger charge is 2.29. The van der Waals surface area contributed by atoms with Gasteiger partial charge >= 0.3 is 0 Å². The van der Waals surface area contributed by atoms with Gasteiger partial charge in [-0.15, -0.1) is 0 Å². The summed E-state index contributed by atoms with van der Waals surface area (Å²) in [5, 5.41) is 0. The van der Waals surface area contributed by atoms with E-state index in [-0.39, 0.29) is 29.7 Å². The Hall–Kier alpha value is -2.45. The second kappa shape index (κ2) is 7.66. The molecule has 0 aliphatic carbocycles. The molecule has 0 aromatic heterocycles. The molecule has 1 amide bonds. The molecule has 1 saturated heterocycles. The predicted molar refractivity (Wildman–Crippen MR) is 99.4 cm³/mol. The third-order valence-electron chi connectivity index (χ3n) is 4.63. The molecule has 144 valence electrons. The summed E-state index contributed by atoms with van der Waals surface area (Å²) in [6, 6.07) is 10.6. The third kappa shape index (κ3) is 3.96. The molecule has 27 heavy (non-hydrogen) atoms. The first-order valence-corrected chi connectivity index (χ1v) is 9.96. The number of benzene rings is 2. The molecule has 2 aromatic carbocycles. The quantitative estimate of drug-likeness (QED) is 0.801. The summed E-state index contributed by atoms with van der Waals surface area (Å²) in [5.74, 6) is -0.0909. The fourth-order valence-corrected chi connectivity index (χ4v) is 4.56. The SMILES string of the molecule is COc1cc(S(=O)(=O)N2CCN(C(C)=O)CC2)ccc1-c1cccc(F)c1. The smallest absolute Gasteiger partial charge is 0.243 e. The normalized spacial score (nSPS) is 15.6. The Kier molecular flexibility index (Phi) is 5.48. The summed E-state index contributed by atoms with van der Waals surface area (Å²) in [6.07, 6.45) is 0. The number of carbonyl (C=O) groups is 1. The standard InChI is InChI=1S/C19H21FN2O4S/c1-14(23)21-8-10-22(11-9-21)27(24,25)17-6-7-18(19(13-17)26-2)15-4-3-5-16(20)12-15/h3-7,12-13H,8-11H2,1-2H3. The van der Waals surface area contributed by atoms with E-state index < -0.39 is 10.0 Å². The number of sulfonamides is 1. The molecule has 0 bridgehead atoms. The lowest BCUT2D eigenvalue weighted by Crippen LogP contribution is -2.49. The zero-order chi connectivity index (χ0) is 19.6. The molecule has 1 heterocycles. The maximum atomic E-state index is 13.5. The van der Waals surface area contributed by atoms with Gasteiger partial charge in [-0.05, 0) is 29.8 Å². The zero-order valence-electron chi connectivity index (χ0n) is 15.2. The molecule has 1 aliphatic rings. The highest BCUT2D eigenvalue weighted by Crippen LogP contribution is 2.33. The Bertz CT molecular complexity index is 954. The van der Waals surface area contributed by atoms with E-state index in [1.165, 1.54) is 42.6 Å². The largest absolute Gasteiger partial charge is 0.496 e. The molecule has 0 N–H and O–H groups in total. The van der Waals surface area contributed by atoms with Gasteiger partial charge in [0.2, 0.25) is 15.9 Å². The van der Waals surface area contributed by atoms with E-state index in [4.69, 9.17) is 4.74 Å². The Morgan fingerprint density at radius 3 is 2.37 bits per heavy atom. The molecule has 0 spiro atoms. The Balaban J connectivity index is 1.90. The van der Waals surface area contributed by atoms with E-state index in [2.05, 4.69) is 0 Å². The van der Waals surface area contributed by atoms with E-state index in [9.17, 15) is 17.6 Å². The van der Waals surface area contributed by atoms with Crippen molar-refractivity contribution in [2.45, 2.75) is 11.8 Å². The average molecular weight is 392 g/mol. The molecule has 6 nitrogen and oxygen atoms in total. The number of halogens is 1. The van der Waals surface area contributed by atoms with Crippen molar-refractivity contribution < 1.29 is 22.3 Å². The predicted octanol–water partition coefficient (Wildman–Crippen LogP) is 2.35. The van der Waals surface area contributed by atoms with Crippen molar-refractivity contribution >= 4 is 15.9 Å². The zero-order valence-corrected chi connectivity index (χ0v) is 16.0. The van der Waals surface area contributed by atoms with Crippen molar-refractivity contribution in [2.24, 2.45) is 0 Å². The lowest BCUT2D eigenvalue weighted by molar-refractivity contribution is -0.129. The van der Waals surface area contributed by atoms with Crippen molar-refractivity contribution in [2.75, 3.05) is 33.3 Å². The van der Waals surface area contributed by atoms with Gasteiger partial charge in [0.1, 0.15) is 11.6 Å². The minimum atomic E-state index is -3.71. The van der Waals surface area contributed by atoms with Crippen molar-refractivity contribution in [1.29, 1.82) is 0 Å². The molecular formula is C19H21FN2O4S. The molecule has 1 aliphatic heterocycles. The van der Waals surface area contributed by atoms with E-state index in [0.717, 1.165) is 0 Å². The number of piperazine rings is 1. The number of rotatable bonds is 4. The van der Waals surface area contributed by atoms with Gasteiger partial charge in [0.05, 0.1) is 12.0 Å². The second-order valence-electron chi connectivity index (χ2n) is 6.28. The van der Waals surface area contributed by atoms with Gasteiger partial charge in [0.15, 0.2) is 0 Å². The molecule has 0 radical (unpaired) electrons. The molecule has 3 rings (SSSR count). The summed E-state index contributed by atoms with van der Waals surface area (Å²) in [5.41, 5.74) is 1.21. The Morgan fingerprint density at radius 1 is 1.07 bits per heavy atom. The number of hydrogen-bond donors (Lipinski definition) is 0. The summed E-state index contributed by atoms with van der Waals surface area (Å²) < 4.78 is 46.1. The second-order valence-corrected chi connectivity index (χ2v) is 8.22. The van der Waals surface area contributed by atoms with Crippen LogP contribution in [0.25, 0.3) is 11.1 Å². The van der Waals surface area contributed by atoms with Crippen LogP contribution in [0.2, 0.25) is 0 Å². The van der Waals surface area contributed by atoms with Crippen molar-refractivity contribution in [3.8, 4) is 16.9 Å². The fourth-order valence-electron chi connectivity index (χ4n) is 3.12. The highest BCUT2D eigenvalue weighted by molar-refractivity contribution is 7.89. The van der Waals surface area contributed by atoms with E-state index >= 15 is 0 Å². The number of carbonyl (C=O) groups excluding carboxylic acids is 1. The number of methoxy groups -OCH3 is 1. The van der Waals surface area contributed by atoms with Crippen LogP contribution in [0.5, 0.6) is 5.75 Å². The average Bonchev–Trinajstić information content (AvgIpc) is 2.67. The van der Waals surface area contributed by atoms with Crippen LogP contribution in [-0.2, 0) is 14.8 Å². The van der Waals surface area contributed by atoms with Crippen LogP contribution in [0.15, 0.2) is 47.4 Å². The van der Waals surface area contributed by atoms with Gasteiger partial charge in [-0.25, -0.2) is 12.8 Å². The first-order chi connectivity index (χ1) is 12.8. The van der Waals surface area contributed by atoms with E-state index in [0.29, 0.717) is 30.0 Å². The monoisotopic (exact) mass is 392 g/mol. The van der Waals surface area contributed by atoms with E-state index in [1.807, 2.05) is 0 Å². The van der Waals surface area contributed by atoms with Crippen LogP contribution < -0.4 is 4.74 Å². The maximum Gasteiger partial charge on any atom is 0.243 e. The fraction of sp³-hybridized carbons (Fsp3) is 0.316. The van der Waals surface area contributed by atoms with Crippen molar-refractivity contribution in [3.05, 3.63) is 48.3 Å². The minimum absolute atomic E-state index is 0.0619. The van der Waals surface area contributed by atoms with Crippen LogP contribution in [-0.4, -0.2) is 56.8 Å². The maximum absolute atomic E-state index is 13.5. The number of ether oxygens (including phenoxy) is 1. The Labute approximate surface area is 158 Å². The highest BCUT2D eigenvalue weighted by atomic mass is 32.2. The van der Waals surface area contributed by atoms with E-state index in [1.54, 1.807) is 23.1 Å². The minimum Gasteiger partial charge on any atom is -0.496 e. The van der Waals surface area contributed by atoms with Crippen molar-refractivity contribution in [1.82, 2.24) is 9.21 Å². The van der Waals surface area contributed by atoms with Gasteiger partial charge in [0, 0.05) is 44.7 Å². The van der Waals surface area contributed by atoms with Gasteiger partial charge in [0.25, 0.3) is 0 Å². The third-order valence-corrected chi connectivity index (χ3v) is 6.52. The first-order valence-electron chi connectivity index (χ1n) is 8.52. The Morgan fingerprint density at radius 2 is 1.78 bits per heavy atom. The summed E-state index contributed by atoms with van der Waals surface area (Å²) in [6.45, 7) is 2.70. The molecular weight excluding hydrogens is 371 g/mol. The van der Waals surface area contributed by atoms with Gasteiger partial charge in [-0.3, -0.25) is 4.79 Å². The van der Waals surface area contributed by atoms with Gasteiger partial charge in [-0.2, -0.15) is 4.31 Å². The number of hydrogen-bond acceptors (Lipinski definition) is 4. The summed E-state index contributed by atoms with van der Waals surface area (Å²) in [7, 11) is -2.26. The lowest BCUT2D eigenvalue weighted by Gasteiger charge is -2.33. The van der Waals surface area contributed by atoms with Crippen molar-refractivity contribution in [3.63, 3.8) is 0 Å². The van der Waals surface area contributed by atoms with Gasteiger partial charge < -0.3 is 9.64 Å². The van der Waals surface area contributed by atoms with Crippen LogP contribution in [0.3, 0.4) is 0 Å². The molecule has 0 atom stereocenters.